The third kappa shape index (κ3) is 2.95. The van der Waals surface area contributed by atoms with Gasteiger partial charge in [0, 0.05) is 23.9 Å². The van der Waals surface area contributed by atoms with Crippen LogP contribution in [0, 0.1) is 0 Å². The number of halogens is 2. The number of aromatic nitrogens is 2. The van der Waals surface area contributed by atoms with Gasteiger partial charge in [-0.1, -0.05) is 18.2 Å². The second-order valence-electron chi connectivity index (χ2n) is 4.78. The van der Waals surface area contributed by atoms with Crippen molar-refractivity contribution in [3.63, 3.8) is 0 Å². The lowest BCUT2D eigenvalue weighted by molar-refractivity contribution is 0.177. The van der Waals surface area contributed by atoms with Crippen LogP contribution in [0.2, 0.25) is 0 Å². The topological polar surface area (TPSA) is 38.0 Å². The van der Waals surface area contributed by atoms with Crippen LogP contribution < -0.4 is 0 Å². The summed E-state index contributed by atoms with van der Waals surface area (Å²) in [5.41, 5.74) is 2.96. The van der Waals surface area contributed by atoms with Crippen LogP contribution in [0.5, 0.6) is 0 Å². The molecule has 0 radical (unpaired) electrons. The number of hydrogen-bond acceptors (Lipinski definition) is 3. The van der Waals surface area contributed by atoms with Crippen molar-refractivity contribution in [2.75, 3.05) is 0 Å². The minimum absolute atomic E-state index is 0.509. The first kappa shape index (κ1) is 15.2. The molecule has 0 amide bonds. The Morgan fingerprint density at radius 1 is 1.33 bits per heavy atom. The first-order valence-corrected chi connectivity index (χ1v) is 9.07. The number of benzene rings is 1. The molecule has 0 saturated heterocycles. The van der Waals surface area contributed by atoms with Gasteiger partial charge in [0.2, 0.25) is 0 Å². The van der Waals surface area contributed by atoms with Crippen molar-refractivity contribution in [1.29, 1.82) is 0 Å². The highest BCUT2D eigenvalue weighted by Crippen LogP contribution is 2.37. The maximum Gasteiger partial charge on any atom is 0.0865 e. The van der Waals surface area contributed by atoms with E-state index >= 15 is 0 Å². The Morgan fingerprint density at radius 2 is 2.10 bits per heavy atom. The second-order valence-corrected chi connectivity index (χ2v) is 8.53. The van der Waals surface area contributed by atoms with Crippen molar-refractivity contribution in [2.24, 2.45) is 0 Å². The van der Waals surface area contributed by atoms with E-state index in [0.29, 0.717) is 6.42 Å². The number of aliphatic hydroxyl groups excluding tert-OH is 1. The summed E-state index contributed by atoms with van der Waals surface area (Å²) in [7, 11) is 0. The lowest BCUT2D eigenvalue weighted by atomic mass is 10.1. The molecule has 21 heavy (non-hydrogen) atoms. The Labute approximate surface area is 143 Å². The zero-order chi connectivity index (χ0) is 15.0. The molecule has 2 heterocycles. The summed E-state index contributed by atoms with van der Waals surface area (Å²) in [5, 5.41) is 16.3. The van der Waals surface area contributed by atoms with E-state index in [0.717, 1.165) is 36.3 Å². The standard InChI is InChI=1S/C15H14Br2N2OS/c1-2-19-12-6-4-3-5-9(12)11(18-19)8-13(20)10-7-14(16)21-15(10)17/h3-7,13,20H,2,8H2,1H3. The molecule has 0 aliphatic carbocycles. The minimum Gasteiger partial charge on any atom is -0.388 e. The van der Waals surface area contributed by atoms with Gasteiger partial charge in [-0.2, -0.15) is 5.10 Å². The van der Waals surface area contributed by atoms with E-state index in [4.69, 9.17) is 0 Å². The largest absolute Gasteiger partial charge is 0.388 e. The van der Waals surface area contributed by atoms with Crippen molar-refractivity contribution < 1.29 is 5.11 Å². The predicted octanol–water partition coefficient (Wildman–Crippen LogP) is 4.92. The van der Waals surface area contributed by atoms with Crippen molar-refractivity contribution in [3.05, 3.63) is 49.2 Å². The first-order chi connectivity index (χ1) is 10.1. The summed E-state index contributed by atoms with van der Waals surface area (Å²) in [6.07, 6.45) is -0.0551. The van der Waals surface area contributed by atoms with Crippen molar-refractivity contribution in [2.45, 2.75) is 26.0 Å². The fourth-order valence-electron chi connectivity index (χ4n) is 2.46. The summed E-state index contributed by atoms with van der Waals surface area (Å²) in [6, 6.07) is 10.1. The monoisotopic (exact) mass is 428 g/mol. The van der Waals surface area contributed by atoms with Gasteiger partial charge in [0.05, 0.1) is 24.9 Å². The van der Waals surface area contributed by atoms with E-state index in [1.165, 1.54) is 0 Å². The van der Waals surface area contributed by atoms with Crippen molar-refractivity contribution >= 4 is 54.1 Å². The number of thiophene rings is 1. The van der Waals surface area contributed by atoms with E-state index in [9.17, 15) is 5.11 Å². The SMILES string of the molecule is CCn1nc(CC(O)c2cc(Br)sc2Br)c2ccccc21. The molecular weight excluding hydrogens is 416 g/mol. The molecule has 2 aromatic heterocycles. The van der Waals surface area contributed by atoms with Crippen LogP contribution in [0.3, 0.4) is 0 Å². The maximum absolute atomic E-state index is 10.5. The Balaban J connectivity index is 1.96. The maximum atomic E-state index is 10.5. The fourth-order valence-corrected chi connectivity index (χ4v) is 5.42. The van der Waals surface area contributed by atoms with Gasteiger partial charge in [-0.05, 0) is 50.9 Å². The number of nitrogens with zero attached hydrogens (tertiary/aromatic N) is 2. The number of aliphatic hydroxyl groups is 1. The molecule has 110 valence electrons. The molecule has 0 bridgehead atoms. The van der Waals surface area contributed by atoms with Gasteiger partial charge >= 0.3 is 0 Å². The van der Waals surface area contributed by atoms with Crippen LogP contribution in [0.25, 0.3) is 10.9 Å². The van der Waals surface area contributed by atoms with Crippen LogP contribution in [0.1, 0.15) is 24.3 Å². The third-order valence-corrected chi connectivity index (χ3v) is 5.85. The molecule has 1 atom stereocenters. The van der Waals surface area contributed by atoms with Crippen LogP contribution >= 0.6 is 43.2 Å². The van der Waals surface area contributed by atoms with Crippen LogP contribution in [0.15, 0.2) is 37.9 Å². The van der Waals surface area contributed by atoms with Gasteiger partial charge in [0.25, 0.3) is 0 Å². The van der Waals surface area contributed by atoms with E-state index in [1.54, 1.807) is 11.3 Å². The molecule has 0 fully saturated rings. The average Bonchev–Trinajstić information content (AvgIpc) is 2.99. The van der Waals surface area contributed by atoms with Crippen molar-refractivity contribution in [3.8, 4) is 0 Å². The molecule has 1 unspecified atom stereocenters. The quantitative estimate of drug-likeness (QED) is 0.639. The van der Waals surface area contributed by atoms with Crippen LogP contribution in [0.4, 0.5) is 0 Å². The predicted molar refractivity (Wildman–Crippen MR) is 93.8 cm³/mol. The molecule has 0 saturated carbocycles. The number of fused-ring (bicyclic) bond motifs is 1. The molecule has 3 aromatic rings. The fraction of sp³-hybridized carbons (Fsp3) is 0.267. The van der Waals surface area contributed by atoms with Crippen LogP contribution in [-0.4, -0.2) is 14.9 Å². The molecular formula is C15H14Br2N2OS. The zero-order valence-corrected chi connectivity index (χ0v) is 15.4. The molecule has 3 nitrogen and oxygen atoms in total. The second kappa shape index (κ2) is 6.20. The Hall–Kier alpha value is -0.690. The molecule has 1 aromatic carbocycles. The number of aryl methyl sites for hydroxylation is 1. The van der Waals surface area contributed by atoms with E-state index in [2.05, 4.69) is 56.0 Å². The summed E-state index contributed by atoms with van der Waals surface area (Å²) < 4.78 is 3.95. The number of hydrogen-bond donors (Lipinski definition) is 1. The number of rotatable bonds is 4. The Bertz CT molecular complexity index is 781. The van der Waals surface area contributed by atoms with E-state index < -0.39 is 6.10 Å². The molecule has 1 N–H and O–H groups in total. The van der Waals surface area contributed by atoms with Crippen LogP contribution in [-0.2, 0) is 13.0 Å². The molecule has 0 spiro atoms. The Kier molecular flexibility index (Phi) is 4.49. The van der Waals surface area contributed by atoms with Gasteiger partial charge in [0.15, 0.2) is 0 Å². The van der Waals surface area contributed by atoms with Gasteiger partial charge in [0.1, 0.15) is 0 Å². The smallest absolute Gasteiger partial charge is 0.0865 e. The highest BCUT2D eigenvalue weighted by Gasteiger charge is 2.18. The van der Waals surface area contributed by atoms with E-state index in [1.807, 2.05) is 22.9 Å². The third-order valence-electron chi connectivity index (χ3n) is 3.46. The number of para-hydroxylation sites is 1. The normalized spacial score (nSPS) is 13.0. The molecule has 0 aliphatic heterocycles. The first-order valence-electron chi connectivity index (χ1n) is 6.67. The zero-order valence-electron chi connectivity index (χ0n) is 11.4. The highest BCUT2D eigenvalue weighted by molar-refractivity contribution is 9.12. The Morgan fingerprint density at radius 3 is 2.76 bits per heavy atom. The van der Waals surface area contributed by atoms with Gasteiger partial charge in [-0.15, -0.1) is 11.3 Å². The van der Waals surface area contributed by atoms with Crippen molar-refractivity contribution in [1.82, 2.24) is 9.78 Å². The minimum atomic E-state index is -0.564. The lowest BCUT2D eigenvalue weighted by Crippen LogP contribution is -2.03. The summed E-state index contributed by atoms with van der Waals surface area (Å²) >= 11 is 8.52. The van der Waals surface area contributed by atoms with Gasteiger partial charge in [-0.25, -0.2) is 0 Å². The average molecular weight is 430 g/mol. The van der Waals surface area contributed by atoms with E-state index in [-0.39, 0.29) is 0 Å². The van der Waals surface area contributed by atoms with Gasteiger partial charge < -0.3 is 5.11 Å². The summed E-state index contributed by atoms with van der Waals surface area (Å²) in [6.45, 7) is 2.90. The summed E-state index contributed by atoms with van der Waals surface area (Å²) in [4.78, 5) is 0. The van der Waals surface area contributed by atoms with Gasteiger partial charge in [-0.3, -0.25) is 4.68 Å². The molecule has 6 heteroatoms. The lowest BCUT2D eigenvalue weighted by Gasteiger charge is -2.08. The molecule has 3 rings (SSSR count). The highest BCUT2D eigenvalue weighted by atomic mass is 79.9. The molecule has 0 aliphatic rings. The summed E-state index contributed by atoms with van der Waals surface area (Å²) in [5.74, 6) is 0.